The molecule has 0 fully saturated rings. The summed E-state index contributed by atoms with van der Waals surface area (Å²) in [6.07, 6.45) is 0. The summed E-state index contributed by atoms with van der Waals surface area (Å²) in [6.45, 7) is 1.41. The Labute approximate surface area is 205 Å². The number of carbonyl (C=O) groups is 2. The van der Waals surface area contributed by atoms with Gasteiger partial charge in [0, 0.05) is 23.9 Å². The summed E-state index contributed by atoms with van der Waals surface area (Å²) in [5.74, 6) is 0.194. The number of rotatable bonds is 8. The molecule has 178 valence electrons. The molecule has 2 amide bonds. The number of nitrogens with one attached hydrogen (secondary N) is 2. The van der Waals surface area contributed by atoms with Gasteiger partial charge in [0.15, 0.2) is 11.0 Å². The molecule has 3 aromatic carbocycles. The number of aromatic nitrogens is 3. The molecule has 1 aromatic heterocycles. The van der Waals surface area contributed by atoms with Gasteiger partial charge in [-0.25, -0.2) is 4.39 Å². The number of nitrogens with zero attached hydrogens (tertiary/aromatic N) is 3. The molecule has 0 aliphatic carbocycles. The molecule has 2 N–H and O–H groups in total. The van der Waals surface area contributed by atoms with Gasteiger partial charge < -0.3 is 15.4 Å². The normalized spacial score (nSPS) is 10.6. The van der Waals surface area contributed by atoms with Crippen molar-refractivity contribution < 1.29 is 18.7 Å². The fourth-order valence-corrected chi connectivity index (χ4v) is 4.09. The molecule has 0 saturated heterocycles. The van der Waals surface area contributed by atoms with E-state index in [4.69, 9.17) is 4.74 Å². The first-order chi connectivity index (χ1) is 16.9. The lowest BCUT2D eigenvalue weighted by atomic mass is 10.2. The van der Waals surface area contributed by atoms with E-state index in [1.54, 1.807) is 66.3 Å². The van der Waals surface area contributed by atoms with Gasteiger partial charge in [-0.05, 0) is 54.6 Å². The summed E-state index contributed by atoms with van der Waals surface area (Å²) in [4.78, 5) is 23.9. The number of hydrogen-bond donors (Lipinski definition) is 2. The molecule has 35 heavy (non-hydrogen) atoms. The summed E-state index contributed by atoms with van der Waals surface area (Å²) >= 11 is 1.13. The van der Waals surface area contributed by atoms with E-state index in [1.807, 2.05) is 12.1 Å². The van der Waals surface area contributed by atoms with E-state index in [0.717, 1.165) is 11.8 Å². The number of carbonyl (C=O) groups excluding carboxylic acids is 2. The van der Waals surface area contributed by atoms with Gasteiger partial charge in [0.05, 0.1) is 18.6 Å². The highest BCUT2D eigenvalue weighted by Crippen LogP contribution is 2.30. The maximum absolute atomic E-state index is 14.7. The minimum absolute atomic E-state index is 0.0135. The average molecular weight is 492 g/mol. The lowest BCUT2D eigenvalue weighted by molar-refractivity contribution is -0.114. The first kappa shape index (κ1) is 24.0. The number of halogens is 1. The van der Waals surface area contributed by atoms with Gasteiger partial charge in [0.1, 0.15) is 11.6 Å². The van der Waals surface area contributed by atoms with Crippen molar-refractivity contribution in [2.45, 2.75) is 12.1 Å². The molecule has 0 unspecified atom stereocenters. The van der Waals surface area contributed by atoms with Crippen LogP contribution in [0.15, 0.2) is 78.0 Å². The minimum Gasteiger partial charge on any atom is -0.497 e. The SMILES string of the molecule is COc1ccc(-c2nnc(SCC(=O)Nc3cccc(NC(C)=O)c3)n2-c2ccccc2F)cc1. The smallest absolute Gasteiger partial charge is 0.234 e. The predicted octanol–water partition coefficient (Wildman–Crippen LogP) is 4.77. The molecule has 10 heteroatoms. The highest BCUT2D eigenvalue weighted by atomic mass is 32.2. The summed E-state index contributed by atoms with van der Waals surface area (Å²) in [7, 11) is 1.58. The molecule has 0 spiro atoms. The fourth-order valence-electron chi connectivity index (χ4n) is 3.35. The van der Waals surface area contributed by atoms with Crippen LogP contribution in [0.4, 0.5) is 15.8 Å². The van der Waals surface area contributed by atoms with E-state index >= 15 is 0 Å². The van der Waals surface area contributed by atoms with Crippen molar-refractivity contribution in [2.75, 3.05) is 23.5 Å². The Morgan fingerprint density at radius 3 is 2.37 bits per heavy atom. The van der Waals surface area contributed by atoms with Gasteiger partial charge >= 0.3 is 0 Å². The fraction of sp³-hybridized carbons (Fsp3) is 0.120. The van der Waals surface area contributed by atoms with Crippen LogP contribution >= 0.6 is 11.8 Å². The van der Waals surface area contributed by atoms with E-state index in [2.05, 4.69) is 20.8 Å². The Balaban J connectivity index is 1.57. The highest BCUT2D eigenvalue weighted by Gasteiger charge is 2.19. The van der Waals surface area contributed by atoms with Gasteiger partial charge in [-0.1, -0.05) is 30.0 Å². The van der Waals surface area contributed by atoms with Crippen LogP contribution in [0.2, 0.25) is 0 Å². The molecule has 0 atom stereocenters. The summed E-state index contributed by atoms with van der Waals surface area (Å²) in [5, 5.41) is 14.3. The maximum atomic E-state index is 14.7. The van der Waals surface area contributed by atoms with Crippen LogP contribution in [0.1, 0.15) is 6.92 Å². The first-order valence-electron chi connectivity index (χ1n) is 10.6. The predicted molar refractivity (Wildman–Crippen MR) is 133 cm³/mol. The minimum atomic E-state index is -0.442. The van der Waals surface area contributed by atoms with Gasteiger partial charge in [-0.3, -0.25) is 14.2 Å². The molecule has 0 radical (unpaired) electrons. The highest BCUT2D eigenvalue weighted by molar-refractivity contribution is 7.99. The number of ether oxygens (including phenoxy) is 1. The molecule has 0 aliphatic heterocycles. The van der Waals surface area contributed by atoms with Crippen LogP contribution in [-0.2, 0) is 9.59 Å². The van der Waals surface area contributed by atoms with Crippen LogP contribution in [-0.4, -0.2) is 39.4 Å². The molecule has 4 aromatic rings. The Morgan fingerprint density at radius 2 is 1.69 bits per heavy atom. The van der Waals surface area contributed by atoms with E-state index in [1.165, 1.54) is 13.0 Å². The first-order valence-corrected chi connectivity index (χ1v) is 11.6. The standard InChI is InChI=1S/C25H22FN5O3S/c1-16(32)27-18-6-5-7-19(14-18)28-23(33)15-35-25-30-29-24(17-10-12-20(34-2)13-11-17)31(25)22-9-4-3-8-21(22)26/h3-14H,15H2,1-2H3,(H,27,32)(H,28,33). The number of benzene rings is 3. The maximum Gasteiger partial charge on any atom is 0.234 e. The average Bonchev–Trinajstić information content (AvgIpc) is 3.26. The van der Waals surface area contributed by atoms with Gasteiger partial charge in [0.25, 0.3) is 0 Å². The zero-order valence-electron chi connectivity index (χ0n) is 19.0. The van der Waals surface area contributed by atoms with E-state index in [-0.39, 0.29) is 23.3 Å². The third-order valence-corrected chi connectivity index (χ3v) is 5.80. The van der Waals surface area contributed by atoms with E-state index < -0.39 is 5.82 Å². The number of methoxy groups -OCH3 is 1. The van der Waals surface area contributed by atoms with Crippen LogP contribution in [0, 0.1) is 5.82 Å². The summed E-state index contributed by atoms with van der Waals surface area (Å²) in [6, 6.07) is 20.3. The molecule has 4 rings (SSSR count). The lowest BCUT2D eigenvalue weighted by Gasteiger charge is -2.12. The molecule has 1 heterocycles. The third kappa shape index (κ3) is 5.85. The Bertz CT molecular complexity index is 1360. The van der Waals surface area contributed by atoms with Gasteiger partial charge in [-0.2, -0.15) is 0 Å². The lowest BCUT2D eigenvalue weighted by Crippen LogP contribution is -2.15. The number of hydrogen-bond acceptors (Lipinski definition) is 6. The zero-order valence-corrected chi connectivity index (χ0v) is 19.8. The Hall–Kier alpha value is -4.18. The second kappa shape index (κ2) is 10.8. The van der Waals surface area contributed by atoms with Crippen molar-refractivity contribution in [3.63, 3.8) is 0 Å². The quantitative estimate of drug-likeness (QED) is 0.345. The monoisotopic (exact) mass is 491 g/mol. The molecule has 8 nitrogen and oxygen atoms in total. The van der Waals surface area contributed by atoms with Crippen LogP contribution < -0.4 is 15.4 Å². The van der Waals surface area contributed by atoms with Crippen molar-refractivity contribution in [1.82, 2.24) is 14.8 Å². The van der Waals surface area contributed by atoms with Crippen LogP contribution in [0.25, 0.3) is 17.1 Å². The van der Waals surface area contributed by atoms with Crippen molar-refractivity contribution in [3.8, 4) is 22.8 Å². The van der Waals surface area contributed by atoms with Gasteiger partial charge in [0.2, 0.25) is 11.8 Å². The van der Waals surface area contributed by atoms with E-state index in [9.17, 15) is 14.0 Å². The van der Waals surface area contributed by atoms with Crippen LogP contribution in [0.3, 0.4) is 0 Å². The number of anilines is 2. The van der Waals surface area contributed by atoms with Gasteiger partial charge in [-0.15, -0.1) is 10.2 Å². The largest absolute Gasteiger partial charge is 0.497 e. The Morgan fingerprint density at radius 1 is 0.971 bits per heavy atom. The van der Waals surface area contributed by atoms with Crippen molar-refractivity contribution in [2.24, 2.45) is 0 Å². The van der Waals surface area contributed by atoms with E-state index in [0.29, 0.717) is 33.7 Å². The Kier molecular flexibility index (Phi) is 7.41. The molecule has 0 aliphatic rings. The molecular weight excluding hydrogens is 469 g/mol. The third-order valence-electron chi connectivity index (χ3n) is 4.87. The molecule has 0 bridgehead atoms. The second-order valence-corrected chi connectivity index (χ2v) is 8.36. The summed E-state index contributed by atoms with van der Waals surface area (Å²) in [5.41, 5.74) is 2.10. The summed E-state index contributed by atoms with van der Waals surface area (Å²) < 4.78 is 21.5. The van der Waals surface area contributed by atoms with Crippen molar-refractivity contribution in [1.29, 1.82) is 0 Å². The molecule has 0 saturated carbocycles. The van der Waals surface area contributed by atoms with Crippen molar-refractivity contribution in [3.05, 3.63) is 78.6 Å². The number of thioether (sulfide) groups is 1. The number of amides is 2. The second-order valence-electron chi connectivity index (χ2n) is 7.42. The topological polar surface area (TPSA) is 98.1 Å². The van der Waals surface area contributed by atoms with Crippen LogP contribution in [0.5, 0.6) is 5.75 Å². The van der Waals surface area contributed by atoms with Crippen molar-refractivity contribution >= 4 is 35.0 Å². The molecular formula is C25H22FN5O3S. The zero-order chi connectivity index (χ0) is 24.8. The number of para-hydroxylation sites is 1.